The van der Waals surface area contributed by atoms with Gasteiger partial charge in [-0.05, 0) is 36.8 Å². The van der Waals surface area contributed by atoms with Crippen LogP contribution >= 0.6 is 0 Å². The molecule has 32 heavy (non-hydrogen) atoms. The number of Topliss-reactive ketones (excluding diaryl/α,β-unsaturated/α-hetero) is 1. The number of ketones is 1. The Morgan fingerprint density at radius 3 is 2.59 bits per heavy atom. The molecule has 6 nitrogen and oxygen atoms in total. The molecule has 0 saturated carbocycles. The van der Waals surface area contributed by atoms with Crippen molar-refractivity contribution in [2.45, 2.75) is 31.7 Å². The minimum Gasteiger partial charge on any atom is -0.496 e. The number of carbonyl (C=O) groups is 2. The fourth-order valence-corrected chi connectivity index (χ4v) is 4.85. The average Bonchev–Trinajstić information content (AvgIpc) is 3.28. The van der Waals surface area contributed by atoms with Crippen LogP contribution in [0.5, 0.6) is 5.75 Å². The summed E-state index contributed by atoms with van der Waals surface area (Å²) in [6.07, 6.45) is 2.57. The Kier molecular flexibility index (Phi) is 5.05. The summed E-state index contributed by atoms with van der Waals surface area (Å²) in [5, 5.41) is 3.49. The number of amides is 1. The highest BCUT2D eigenvalue weighted by Gasteiger charge is 2.42. The molecule has 5 rings (SSSR count). The molecule has 0 spiro atoms. The summed E-state index contributed by atoms with van der Waals surface area (Å²) in [6, 6.07) is 18.4. The van der Waals surface area contributed by atoms with Crippen molar-refractivity contribution in [3.05, 3.63) is 89.5 Å². The van der Waals surface area contributed by atoms with E-state index in [4.69, 9.17) is 9.15 Å². The first-order valence-electron chi connectivity index (χ1n) is 10.7. The second-order valence-electron chi connectivity index (χ2n) is 8.11. The molecule has 1 aliphatic heterocycles. The number of ether oxygens (including phenoxy) is 1. The van der Waals surface area contributed by atoms with Crippen molar-refractivity contribution in [2.24, 2.45) is 0 Å². The lowest BCUT2D eigenvalue weighted by Gasteiger charge is -2.34. The van der Waals surface area contributed by atoms with Crippen LogP contribution in [0.2, 0.25) is 0 Å². The van der Waals surface area contributed by atoms with Gasteiger partial charge in [-0.15, -0.1) is 0 Å². The number of hydrogen-bond donors (Lipinski definition) is 1. The van der Waals surface area contributed by atoms with E-state index in [0.29, 0.717) is 24.2 Å². The fraction of sp³-hybridized carbons (Fsp3) is 0.231. The van der Waals surface area contributed by atoms with Crippen molar-refractivity contribution in [2.75, 3.05) is 17.3 Å². The van der Waals surface area contributed by atoms with Crippen LogP contribution < -0.4 is 15.0 Å². The number of rotatable bonds is 3. The predicted molar refractivity (Wildman–Crippen MR) is 122 cm³/mol. The Bertz CT molecular complexity index is 1210. The smallest absolute Gasteiger partial charge is 0.224 e. The van der Waals surface area contributed by atoms with E-state index in [-0.39, 0.29) is 17.6 Å². The van der Waals surface area contributed by atoms with E-state index in [9.17, 15) is 9.59 Å². The van der Waals surface area contributed by atoms with Gasteiger partial charge in [0.25, 0.3) is 0 Å². The summed E-state index contributed by atoms with van der Waals surface area (Å²) in [7, 11) is 1.60. The van der Waals surface area contributed by atoms with Gasteiger partial charge in [-0.25, -0.2) is 0 Å². The molecular formula is C26H24N2O4. The number of anilines is 2. The Morgan fingerprint density at radius 2 is 1.84 bits per heavy atom. The first-order chi connectivity index (χ1) is 15.6. The standard InChI is InChI=1S/C26H24N2O4/c1-16(29)28-21-10-5-4-9-19(21)27-20-14-17(23-12-7-13-32-23)15-22(30)25(20)26(28)18-8-3-6-11-24(18)31-2/h3-13,17,26-27H,14-15H2,1-2H3/t17-,26+/m0/s1. The Hall–Kier alpha value is -3.80. The molecular weight excluding hydrogens is 404 g/mol. The third-order valence-electron chi connectivity index (χ3n) is 6.21. The minimum atomic E-state index is -0.597. The first-order valence-corrected chi connectivity index (χ1v) is 10.7. The summed E-state index contributed by atoms with van der Waals surface area (Å²) < 4.78 is 11.3. The minimum absolute atomic E-state index is 0.00453. The molecule has 0 radical (unpaired) electrons. The summed E-state index contributed by atoms with van der Waals surface area (Å²) in [5.74, 6) is 1.22. The van der Waals surface area contributed by atoms with E-state index in [0.717, 1.165) is 28.4 Å². The monoisotopic (exact) mass is 428 g/mol. The van der Waals surface area contributed by atoms with Gasteiger partial charge in [0.15, 0.2) is 5.78 Å². The van der Waals surface area contributed by atoms with Crippen molar-refractivity contribution in [1.29, 1.82) is 0 Å². The number of methoxy groups -OCH3 is 1. The van der Waals surface area contributed by atoms with Gasteiger partial charge in [0, 0.05) is 36.1 Å². The van der Waals surface area contributed by atoms with Gasteiger partial charge in [0.2, 0.25) is 5.91 Å². The normalized spacial score (nSPS) is 20.2. The maximum Gasteiger partial charge on any atom is 0.224 e. The highest BCUT2D eigenvalue weighted by atomic mass is 16.5. The average molecular weight is 428 g/mol. The van der Waals surface area contributed by atoms with Gasteiger partial charge in [0.1, 0.15) is 11.5 Å². The zero-order valence-corrected chi connectivity index (χ0v) is 18.0. The zero-order valence-electron chi connectivity index (χ0n) is 18.0. The van der Waals surface area contributed by atoms with Crippen molar-refractivity contribution >= 4 is 23.1 Å². The third-order valence-corrected chi connectivity index (χ3v) is 6.21. The molecule has 1 amide bonds. The number of hydrogen-bond acceptors (Lipinski definition) is 5. The largest absolute Gasteiger partial charge is 0.496 e. The summed E-state index contributed by atoms with van der Waals surface area (Å²) in [4.78, 5) is 28.4. The Labute approximate surface area is 186 Å². The Morgan fingerprint density at radius 1 is 1.06 bits per heavy atom. The molecule has 0 saturated heterocycles. The number of carbonyl (C=O) groups excluding carboxylic acids is 2. The van der Waals surface area contributed by atoms with Gasteiger partial charge < -0.3 is 14.5 Å². The second kappa shape index (κ2) is 8.04. The molecule has 0 fully saturated rings. The van der Waals surface area contributed by atoms with Gasteiger partial charge in [0.05, 0.1) is 30.8 Å². The summed E-state index contributed by atoms with van der Waals surface area (Å²) >= 11 is 0. The molecule has 0 bridgehead atoms. The second-order valence-corrected chi connectivity index (χ2v) is 8.11. The van der Waals surface area contributed by atoms with Crippen molar-refractivity contribution < 1.29 is 18.7 Å². The van der Waals surface area contributed by atoms with Gasteiger partial charge >= 0.3 is 0 Å². The number of para-hydroxylation sites is 3. The van der Waals surface area contributed by atoms with Crippen LogP contribution in [0.15, 0.2) is 82.6 Å². The SMILES string of the molecule is COc1ccccc1[C@@H]1C2=C(C[C@H](c3ccco3)CC2=O)Nc2ccccc2N1C(C)=O. The van der Waals surface area contributed by atoms with E-state index in [2.05, 4.69) is 5.32 Å². The molecule has 3 aromatic rings. The molecule has 2 aliphatic rings. The molecule has 1 N–H and O–H groups in total. The lowest BCUT2D eigenvalue weighted by molar-refractivity contribution is -0.117. The van der Waals surface area contributed by atoms with E-state index in [1.54, 1.807) is 18.3 Å². The lowest BCUT2D eigenvalue weighted by Crippen LogP contribution is -2.37. The number of nitrogens with zero attached hydrogens (tertiary/aromatic N) is 1. The Balaban J connectivity index is 1.75. The van der Waals surface area contributed by atoms with Crippen molar-refractivity contribution in [3.8, 4) is 5.75 Å². The highest BCUT2D eigenvalue weighted by molar-refractivity contribution is 6.06. The van der Waals surface area contributed by atoms with Crippen molar-refractivity contribution in [1.82, 2.24) is 0 Å². The van der Waals surface area contributed by atoms with Gasteiger partial charge in [-0.3, -0.25) is 14.5 Å². The quantitative estimate of drug-likeness (QED) is 0.620. The van der Waals surface area contributed by atoms with Gasteiger partial charge in [-0.1, -0.05) is 30.3 Å². The van der Waals surface area contributed by atoms with Gasteiger partial charge in [-0.2, -0.15) is 0 Å². The van der Waals surface area contributed by atoms with Crippen LogP contribution in [-0.4, -0.2) is 18.8 Å². The topological polar surface area (TPSA) is 71.8 Å². The predicted octanol–water partition coefficient (Wildman–Crippen LogP) is 5.21. The number of nitrogens with one attached hydrogen (secondary N) is 1. The van der Waals surface area contributed by atoms with Crippen LogP contribution in [0.3, 0.4) is 0 Å². The third kappa shape index (κ3) is 3.28. The van der Waals surface area contributed by atoms with Crippen LogP contribution in [0.25, 0.3) is 0 Å². The molecule has 0 unspecified atom stereocenters. The first kappa shape index (κ1) is 20.1. The summed E-state index contributed by atoms with van der Waals surface area (Å²) in [6.45, 7) is 1.53. The maximum atomic E-state index is 13.7. The number of benzene rings is 2. The molecule has 2 atom stereocenters. The summed E-state index contributed by atoms with van der Waals surface area (Å²) in [5.41, 5.74) is 3.72. The highest BCUT2D eigenvalue weighted by Crippen LogP contribution is 2.48. The number of furan rings is 1. The van der Waals surface area contributed by atoms with Crippen molar-refractivity contribution in [3.63, 3.8) is 0 Å². The number of fused-ring (bicyclic) bond motifs is 1. The van der Waals surface area contributed by atoms with E-state index < -0.39 is 6.04 Å². The van der Waals surface area contributed by atoms with E-state index >= 15 is 0 Å². The molecule has 2 heterocycles. The zero-order chi connectivity index (χ0) is 22.2. The molecule has 1 aromatic heterocycles. The molecule has 162 valence electrons. The fourth-order valence-electron chi connectivity index (χ4n) is 4.85. The van der Waals surface area contributed by atoms with Crippen LogP contribution in [0, 0.1) is 0 Å². The van der Waals surface area contributed by atoms with Crippen LogP contribution in [-0.2, 0) is 9.59 Å². The van der Waals surface area contributed by atoms with Crippen LogP contribution in [0.4, 0.5) is 11.4 Å². The lowest BCUT2D eigenvalue weighted by atomic mass is 9.80. The molecule has 2 aromatic carbocycles. The van der Waals surface area contributed by atoms with Crippen LogP contribution in [0.1, 0.15) is 43.0 Å². The molecule has 6 heteroatoms. The number of allylic oxidation sites excluding steroid dienone is 1. The van der Waals surface area contributed by atoms with E-state index in [1.165, 1.54) is 6.92 Å². The van der Waals surface area contributed by atoms with E-state index in [1.807, 2.05) is 60.7 Å². The molecule has 1 aliphatic carbocycles. The maximum absolute atomic E-state index is 13.7.